The van der Waals surface area contributed by atoms with Crippen LogP contribution in [0.1, 0.15) is 5.69 Å². The summed E-state index contributed by atoms with van der Waals surface area (Å²) in [6.07, 6.45) is -2.48. The Bertz CT molecular complexity index is 352. The summed E-state index contributed by atoms with van der Waals surface area (Å²) < 4.78 is 25.2. The van der Waals surface area contributed by atoms with Gasteiger partial charge in [0.1, 0.15) is 18.9 Å². The first kappa shape index (κ1) is 11.4. The van der Waals surface area contributed by atoms with Gasteiger partial charge in [0.15, 0.2) is 0 Å². The SMILES string of the molecule is Cc1cc(NCC(=O)O)nn1CC(F)F. The Balaban J connectivity index is 2.64. The van der Waals surface area contributed by atoms with E-state index in [1.807, 2.05) is 0 Å². The Kier molecular flexibility index (Phi) is 3.59. The van der Waals surface area contributed by atoms with Gasteiger partial charge in [-0.3, -0.25) is 9.48 Å². The molecule has 0 bridgehead atoms. The molecule has 2 N–H and O–H groups in total. The third-order valence-electron chi connectivity index (χ3n) is 1.71. The van der Waals surface area contributed by atoms with Crippen molar-refractivity contribution < 1.29 is 18.7 Å². The van der Waals surface area contributed by atoms with E-state index in [0.717, 1.165) is 4.68 Å². The van der Waals surface area contributed by atoms with Crippen molar-refractivity contribution >= 4 is 11.8 Å². The number of aromatic nitrogens is 2. The molecular weight excluding hydrogens is 208 g/mol. The van der Waals surface area contributed by atoms with E-state index >= 15 is 0 Å². The quantitative estimate of drug-likeness (QED) is 0.773. The third-order valence-corrected chi connectivity index (χ3v) is 1.71. The molecule has 0 aliphatic carbocycles. The predicted octanol–water partition coefficient (Wildman–Crippen LogP) is 0.953. The van der Waals surface area contributed by atoms with Gasteiger partial charge >= 0.3 is 5.97 Å². The summed E-state index contributed by atoms with van der Waals surface area (Å²) in [7, 11) is 0. The maximum Gasteiger partial charge on any atom is 0.322 e. The van der Waals surface area contributed by atoms with E-state index in [0.29, 0.717) is 5.69 Å². The molecule has 0 atom stereocenters. The van der Waals surface area contributed by atoms with Gasteiger partial charge in [-0.05, 0) is 6.92 Å². The van der Waals surface area contributed by atoms with Crippen molar-refractivity contribution in [1.29, 1.82) is 0 Å². The highest BCUT2D eigenvalue weighted by atomic mass is 19.3. The zero-order chi connectivity index (χ0) is 11.4. The van der Waals surface area contributed by atoms with Crippen molar-refractivity contribution in [2.75, 3.05) is 11.9 Å². The van der Waals surface area contributed by atoms with Crippen LogP contribution in [0.5, 0.6) is 0 Å². The molecule has 84 valence electrons. The smallest absolute Gasteiger partial charge is 0.322 e. The topological polar surface area (TPSA) is 67.2 Å². The highest BCUT2D eigenvalue weighted by molar-refractivity contribution is 5.72. The number of alkyl halides is 2. The number of halogens is 2. The summed E-state index contributed by atoms with van der Waals surface area (Å²) >= 11 is 0. The van der Waals surface area contributed by atoms with Gasteiger partial charge in [-0.2, -0.15) is 5.10 Å². The van der Waals surface area contributed by atoms with Crippen LogP contribution < -0.4 is 5.32 Å². The van der Waals surface area contributed by atoms with Crippen molar-refractivity contribution in [3.8, 4) is 0 Å². The summed E-state index contributed by atoms with van der Waals surface area (Å²) in [5.74, 6) is -0.744. The normalized spacial score (nSPS) is 10.7. The zero-order valence-electron chi connectivity index (χ0n) is 8.07. The lowest BCUT2D eigenvalue weighted by Crippen LogP contribution is -2.14. The number of hydrogen-bond acceptors (Lipinski definition) is 3. The van der Waals surface area contributed by atoms with Crippen molar-refractivity contribution in [1.82, 2.24) is 9.78 Å². The van der Waals surface area contributed by atoms with Crippen LogP contribution in [0.25, 0.3) is 0 Å². The van der Waals surface area contributed by atoms with Gasteiger partial charge in [0.05, 0.1) is 0 Å². The Labute approximate surface area is 84.7 Å². The molecule has 5 nitrogen and oxygen atoms in total. The fourth-order valence-electron chi connectivity index (χ4n) is 1.08. The number of aliphatic carboxylic acids is 1. The summed E-state index contributed by atoms with van der Waals surface area (Å²) in [4.78, 5) is 10.2. The van der Waals surface area contributed by atoms with E-state index in [2.05, 4.69) is 10.4 Å². The largest absolute Gasteiger partial charge is 0.480 e. The third kappa shape index (κ3) is 3.53. The lowest BCUT2D eigenvalue weighted by atomic mass is 10.4. The van der Waals surface area contributed by atoms with E-state index in [4.69, 9.17) is 5.11 Å². The molecule has 0 aliphatic rings. The highest BCUT2D eigenvalue weighted by Gasteiger charge is 2.09. The van der Waals surface area contributed by atoms with E-state index in [1.165, 1.54) is 6.07 Å². The number of carbonyl (C=O) groups is 1. The average Bonchev–Trinajstić information content (AvgIpc) is 2.43. The Hall–Kier alpha value is -1.66. The van der Waals surface area contributed by atoms with Crippen molar-refractivity contribution in [2.45, 2.75) is 19.9 Å². The van der Waals surface area contributed by atoms with Crippen LogP contribution in [-0.2, 0) is 11.3 Å². The van der Waals surface area contributed by atoms with Crippen LogP contribution in [0.3, 0.4) is 0 Å². The number of carboxylic acid groups (broad SMARTS) is 1. The molecule has 7 heteroatoms. The van der Waals surface area contributed by atoms with Gasteiger partial charge in [0, 0.05) is 11.8 Å². The van der Waals surface area contributed by atoms with Crippen LogP contribution in [0.15, 0.2) is 6.07 Å². The highest BCUT2D eigenvalue weighted by Crippen LogP contribution is 2.09. The van der Waals surface area contributed by atoms with Gasteiger partial charge in [-0.15, -0.1) is 0 Å². The zero-order valence-corrected chi connectivity index (χ0v) is 8.07. The Morgan fingerprint density at radius 2 is 2.40 bits per heavy atom. The molecule has 1 aromatic rings. The first-order valence-electron chi connectivity index (χ1n) is 4.27. The molecule has 1 rings (SSSR count). The van der Waals surface area contributed by atoms with Crippen molar-refractivity contribution in [3.63, 3.8) is 0 Å². The summed E-state index contributed by atoms with van der Waals surface area (Å²) in [5.41, 5.74) is 0.559. The van der Waals surface area contributed by atoms with E-state index in [-0.39, 0.29) is 12.4 Å². The number of hydrogen-bond donors (Lipinski definition) is 2. The molecule has 1 heterocycles. The fourth-order valence-corrected chi connectivity index (χ4v) is 1.08. The monoisotopic (exact) mass is 219 g/mol. The molecule has 0 spiro atoms. The molecule has 0 aromatic carbocycles. The second-order valence-electron chi connectivity index (χ2n) is 2.99. The molecule has 0 saturated heterocycles. The van der Waals surface area contributed by atoms with Gasteiger partial charge in [-0.1, -0.05) is 0 Å². The van der Waals surface area contributed by atoms with Crippen molar-refractivity contribution in [2.24, 2.45) is 0 Å². The molecule has 1 aromatic heterocycles. The number of aryl methyl sites for hydroxylation is 1. The molecule has 0 aliphatic heterocycles. The molecule has 0 amide bonds. The first-order chi connectivity index (χ1) is 6.99. The predicted molar refractivity (Wildman–Crippen MR) is 49.1 cm³/mol. The molecule has 0 radical (unpaired) electrons. The number of nitrogens with zero attached hydrogens (tertiary/aromatic N) is 2. The number of rotatable bonds is 5. The van der Waals surface area contributed by atoms with Gasteiger partial charge in [0.25, 0.3) is 6.43 Å². The number of nitrogens with one attached hydrogen (secondary N) is 1. The van der Waals surface area contributed by atoms with Gasteiger partial charge in [-0.25, -0.2) is 8.78 Å². The minimum absolute atomic E-state index is 0.287. The Morgan fingerprint density at radius 1 is 1.73 bits per heavy atom. The second-order valence-corrected chi connectivity index (χ2v) is 2.99. The molecule has 15 heavy (non-hydrogen) atoms. The van der Waals surface area contributed by atoms with E-state index in [9.17, 15) is 13.6 Å². The summed E-state index contributed by atoms with van der Waals surface area (Å²) in [5, 5.41) is 14.7. The minimum Gasteiger partial charge on any atom is -0.480 e. The van der Waals surface area contributed by atoms with Crippen molar-refractivity contribution in [3.05, 3.63) is 11.8 Å². The molecular formula is C8H11F2N3O2. The van der Waals surface area contributed by atoms with Gasteiger partial charge in [0.2, 0.25) is 0 Å². The summed E-state index contributed by atoms with van der Waals surface area (Å²) in [6.45, 7) is 0.854. The molecule has 0 saturated carbocycles. The molecule has 0 fully saturated rings. The number of anilines is 1. The van der Waals surface area contributed by atoms with Crippen LogP contribution in [0, 0.1) is 6.92 Å². The second kappa shape index (κ2) is 4.72. The number of carboxylic acids is 1. The molecule has 0 unspecified atom stereocenters. The standard InChI is InChI=1S/C8H11F2N3O2/c1-5-2-7(11-3-8(14)15)12-13(5)4-6(9)10/h2,6H,3-4H2,1H3,(H,11,12)(H,14,15). The maximum absolute atomic E-state index is 12.0. The van der Waals surface area contributed by atoms with Gasteiger partial charge < -0.3 is 10.4 Å². The fraction of sp³-hybridized carbons (Fsp3) is 0.500. The minimum atomic E-state index is -2.48. The maximum atomic E-state index is 12.0. The average molecular weight is 219 g/mol. The van der Waals surface area contributed by atoms with Crippen LogP contribution in [0.2, 0.25) is 0 Å². The first-order valence-corrected chi connectivity index (χ1v) is 4.27. The Morgan fingerprint density at radius 3 is 2.93 bits per heavy atom. The van der Waals surface area contributed by atoms with E-state index in [1.54, 1.807) is 6.92 Å². The van der Waals surface area contributed by atoms with Crippen LogP contribution in [-0.4, -0.2) is 33.8 Å². The van der Waals surface area contributed by atoms with E-state index < -0.39 is 18.9 Å². The lowest BCUT2D eigenvalue weighted by Gasteiger charge is -2.01. The lowest BCUT2D eigenvalue weighted by molar-refractivity contribution is -0.134. The van der Waals surface area contributed by atoms with Crippen LogP contribution in [0.4, 0.5) is 14.6 Å². The van der Waals surface area contributed by atoms with Crippen LogP contribution >= 0.6 is 0 Å². The summed E-state index contributed by atoms with van der Waals surface area (Å²) in [6, 6.07) is 1.52.